The summed E-state index contributed by atoms with van der Waals surface area (Å²) in [5.41, 5.74) is -0.267. The molecule has 28 heavy (non-hydrogen) atoms. The van der Waals surface area contributed by atoms with Crippen LogP contribution < -0.4 is 10.2 Å². The molecule has 0 aliphatic carbocycles. The number of amides is 1. The van der Waals surface area contributed by atoms with Crippen molar-refractivity contribution in [3.8, 4) is 6.07 Å². The minimum Gasteiger partial charge on any atom is -0.335 e. The second kappa shape index (κ2) is 6.92. The van der Waals surface area contributed by atoms with Gasteiger partial charge in [-0.2, -0.15) is 5.26 Å². The number of halogens is 2. The van der Waals surface area contributed by atoms with Gasteiger partial charge in [-0.3, -0.25) is 4.79 Å². The molecule has 0 spiro atoms. The van der Waals surface area contributed by atoms with Gasteiger partial charge in [0, 0.05) is 36.4 Å². The van der Waals surface area contributed by atoms with Crippen LogP contribution >= 0.6 is 0 Å². The van der Waals surface area contributed by atoms with Crippen molar-refractivity contribution in [2.75, 3.05) is 18.0 Å². The van der Waals surface area contributed by atoms with Gasteiger partial charge >= 0.3 is 0 Å². The van der Waals surface area contributed by atoms with Gasteiger partial charge in [0.15, 0.2) is 0 Å². The zero-order valence-corrected chi connectivity index (χ0v) is 15.8. The van der Waals surface area contributed by atoms with Crippen LogP contribution in [0.4, 0.5) is 14.7 Å². The molecule has 1 amide bonds. The Morgan fingerprint density at radius 3 is 2.54 bits per heavy atom. The number of nitrogens with zero attached hydrogens (tertiary/aromatic N) is 5. The summed E-state index contributed by atoms with van der Waals surface area (Å²) < 4.78 is 27.2. The second-order valence-corrected chi connectivity index (χ2v) is 8.39. The molecule has 2 bridgehead atoms. The van der Waals surface area contributed by atoms with Crippen LogP contribution in [0.2, 0.25) is 0 Å². The summed E-state index contributed by atoms with van der Waals surface area (Å²) in [6.45, 7) is 1.37. The van der Waals surface area contributed by atoms with Crippen molar-refractivity contribution in [2.45, 2.75) is 68.6 Å². The highest BCUT2D eigenvalue weighted by Gasteiger charge is 2.49. The number of hydrogen-bond donors (Lipinski definition) is 1. The van der Waals surface area contributed by atoms with Crippen LogP contribution in [0.25, 0.3) is 0 Å². The molecule has 3 aliphatic heterocycles. The van der Waals surface area contributed by atoms with Gasteiger partial charge in [0.1, 0.15) is 6.04 Å². The van der Waals surface area contributed by atoms with Gasteiger partial charge in [0.05, 0.1) is 19.2 Å². The third kappa shape index (κ3) is 3.53. The Bertz CT molecular complexity index is 768. The summed E-state index contributed by atoms with van der Waals surface area (Å²) in [4.78, 5) is 24.5. The van der Waals surface area contributed by atoms with Crippen molar-refractivity contribution in [1.29, 1.82) is 5.26 Å². The van der Waals surface area contributed by atoms with E-state index in [1.807, 2.05) is 6.07 Å². The smallest absolute Gasteiger partial charge is 0.268 e. The highest BCUT2D eigenvalue weighted by atomic mass is 19.3. The number of nitriles is 1. The van der Waals surface area contributed by atoms with Crippen LogP contribution in [-0.4, -0.2) is 63.5 Å². The minimum absolute atomic E-state index is 0.0357. The molecular weight excluding hydrogens is 366 g/mol. The van der Waals surface area contributed by atoms with E-state index in [0.717, 1.165) is 36.5 Å². The molecule has 0 aromatic carbocycles. The lowest BCUT2D eigenvalue weighted by Crippen LogP contribution is -2.58. The van der Waals surface area contributed by atoms with E-state index in [1.54, 1.807) is 18.5 Å². The molecule has 3 fully saturated rings. The van der Waals surface area contributed by atoms with E-state index in [2.05, 4.69) is 27.1 Å². The van der Waals surface area contributed by atoms with Crippen LogP contribution in [0.5, 0.6) is 0 Å². The average Bonchev–Trinajstić information content (AvgIpc) is 3.14. The molecule has 3 atom stereocenters. The van der Waals surface area contributed by atoms with E-state index >= 15 is 0 Å². The van der Waals surface area contributed by atoms with Crippen LogP contribution in [0, 0.1) is 11.3 Å². The summed E-state index contributed by atoms with van der Waals surface area (Å²) in [7, 11) is 0. The molecular formula is C19H24F2N6O. The summed E-state index contributed by atoms with van der Waals surface area (Å²) in [6, 6.07) is 3.14. The molecule has 9 heteroatoms. The van der Waals surface area contributed by atoms with Crippen LogP contribution in [0.3, 0.4) is 0 Å². The van der Waals surface area contributed by atoms with E-state index in [-0.39, 0.29) is 24.2 Å². The van der Waals surface area contributed by atoms with Crippen molar-refractivity contribution in [3.63, 3.8) is 0 Å². The number of nitrogens with one attached hydrogen (secondary N) is 1. The molecule has 150 valence electrons. The van der Waals surface area contributed by atoms with Gasteiger partial charge in [-0.15, -0.1) is 0 Å². The quantitative estimate of drug-likeness (QED) is 0.843. The van der Waals surface area contributed by atoms with Gasteiger partial charge in [0.2, 0.25) is 11.9 Å². The summed E-state index contributed by atoms with van der Waals surface area (Å²) in [6.07, 6.45) is 6.64. The van der Waals surface area contributed by atoms with Gasteiger partial charge in [-0.1, -0.05) is 0 Å². The number of anilines is 1. The number of fused-ring (bicyclic) bond motifs is 2. The lowest BCUT2D eigenvalue weighted by molar-refractivity contribution is -0.132. The lowest BCUT2D eigenvalue weighted by atomic mass is 9.84. The normalized spacial score (nSPS) is 33.7. The van der Waals surface area contributed by atoms with E-state index < -0.39 is 30.8 Å². The number of alkyl halides is 2. The lowest BCUT2D eigenvalue weighted by Gasteiger charge is -2.45. The monoisotopic (exact) mass is 390 g/mol. The molecule has 2 unspecified atom stereocenters. The van der Waals surface area contributed by atoms with Gasteiger partial charge in [-0.05, 0) is 38.7 Å². The average molecular weight is 390 g/mol. The zero-order chi connectivity index (χ0) is 19.9. The molecule has 1 aromatic heterocycles. The van der Waals surface area contributed by atoms with Crippen molar-refractivity contribution in [3.05, 3.63) is 18.5 Å². The summed E-state index contributed by atoms with van der Waals surface area (Å²) >= 11 is 0. The molecule has 4 heterocycles. The third-order valence-corrected chi connectivity index (χ3v) is 6.18. The van der Waals surface area contributed by atoms with Gasteiger partial charge in [0.25, 0.3) is 5.92 Å². The van der Waals surface area contributed by atoms with Crippen LogP contribution in [0.15, 0.2) is 18.5 Å². The Morgan fingerprint density at radius 1 is 1.29 bits per heavy atom. The first-order valence-electron chi connectivity index (χ1n) is 9.68. The topological polar surface area (TPSA) is 85.2 Å². The Kier molecular flexibility index (Phi) is 4.70. The Balaban J connectivity index is 1.39. The number of rotatable bonds is 4. The van der Waals surface area contributed by atoms with Crippen molar-refractivity contribution >= 4 is 11.9 Å². The third-order valence-electron chi connectivity index (χ3n) is 6.18. The van der Waals surface area contributed by atoms with E-state index in [1.165, 1.54) is 0 Å². The molecule has 0 radical (unpaired) electrons. The standard InChI is InChI=1S/C19H24F2N6O/c1-18(25-11-16(28)26-12-19(20,21)9-15(26)10-22)7-13-3-4-14(8-18)27(13)17-23-5-2-6-24-17/h2,5-6,13-15,25H,3-4,7-9,11-12H2,1H3/t13?,14?,15-,18?/m0/s1. The first-order valence-corrected chi connectivity index (χ1v) is 9.68. The summed E-state index contributed by atoms with van der Waals surface area (Å²) in [5, 5.41) is 12.4. The van der Waals surface area contributed by atoms with Crippen molar-refractivity contribution in [2.24, 2.45) is 0 Å². The first-order chi connectivity index (χ1) is 13.3. The maximum Gasteiger partial charge on any atom is 0.268 e. The summed E-state index contributed by atoms with van der Waals surface area (Å²) in [5.74, 6) is -2.68. The zero-order valence-electron chi connectivity index (χ0n) is 15.8. The predicted molar refractivity (Wildman–Crippen MR) is 97.6 cm³/mol. The largest absolute Gasteiger partial charge is 0.335 e. The Morgan fingerprint density at radius 2 is 1.93 bits per heavy atom. The molecule has 4 rings (SSSR count). The van der Waals surface area contributed by atoms with Crippen molar-refractivity contribution in [1.82, 2.24) is 20.2 Å². The maximum absolute atomic E-state index is 13.6. The maximum atomic E-state index is 13.6. The number of carbonyl (C=O) groups excluding carboxylic acids is 1. The number of carbonyl (C=O) groups is 1. The molecule has 3 aliphatic rings. The fraction of sp³-hybridized carbons (Fsp3) is 0.684. The predicted octanol–water partition coefficient (Wildman–Crippen LogP) is 1.72. The fourth-order valence-electron chi connectivity index (χ4n) is 4.97. The molecule has 1 N–H and O–H groups in total. The highest BCUT2D eigenvalue weighted by Crippen LogP contribution is 2.42. The number of aromatic nitrogens is 2. The SMILES string of the molecule is CC1(NCC(=O)N2CC(F)(F)C[C@H]2C#N)CC2CCC(C1)N2c1ncccn1. The van der Waals surface area contributed by atoms with E-state index in [9.17, 15) is 13.6 Å². The first kappa shape index (κ1) is 19.0. The molecule has 7 nitrogen and oxygen atoms in total. The van der Waals surface area contributed by atoms with Gasteiger partial charge < -0.3 is 15.1 Å². The Labute approximate surface area is 162 Å². The van der Waals surface area contributed by atoms with E-state index in [4.69, 9.17) is 5.26 Å². The molecule has 1 aromatic rings. The minimum atomic E-state index is -2.99. The highest BCUT2D eigenvalue weighted by molar-refractivity contribution is 5.79. The fourth-order valence-corrected chi connectivity index (χ4v) is 4.97. The number of piperidine rings is 1. The Hall–Kier alpha value is -2.34. The molecule has 0 saturated carbocycles. The van der Waals surface area contributed by atoms with Crippen LogP contribution in [-0.2, 0) is 4.79 Å². The number of likely N-dealkylation sites (tertiary alicyclic amines) is 1. The molecule has 3 saturated heterocycles. The van der Waals surface area contributed by atoms with Crippen molar-refractivity contribution < 1.29 is 13.6 Å². The van der Waals surface area contributed by atoms with Crippen LogP contribution in [0.1, 0.15) is 39.0 Å². The van der Waals surface area contributed by atoms with Gasteiger partial charge in [-0.25, -0.2) is 18.7 Å². The number of hydrogen-bond acceptors (Lipinski definition) is 6. The van der Waals surface area contributed by atoms with E-state index in [0.29, 0.717) is 0 Å². The second-order valence-electron chi connectivity index (χ2n) is 8.39.